The highest BCUT2D eigenvalue weighted by atomic mass is 16.1. The highest BCUT2D eigenvalue weighted by molar-refractivity contribution is 5.84. The Bertz CT molecular complexity index is 264. The molecule has 1 rings (SSSR count). The van der Waals surface area contributed by atoms with Crippen molar-refractivity contribution in [2.24, 2.45) is 11.7 Å². The molecule has 1 aliphatic rings. The Labute approximate surface area is 111 Å². The molecule has 1 amide bonds. The second-order valence-corrected chi connectivity index (χ2v) is 5.89. The molecule has 18 heavy (non-hydrogen) atoms. The fraction of sp³-hybridized carbons (Fsp3) is 0.929. The van der Waals surface area contributed by atoms with Crippen molar-refractivity contribution in [3.8, 4) is 0 Å². The fourth-order valence-electron chi connectivity index (χ4n) is 2.83. The third-order valence-electron chi connectivity index (χ3n) is 4.15. The topological polar surface area (TPSA) is 58.4 Å². The van der Waals surface area contributed by atoms with Crippen LogP contribution in [0.3, 0.4) is 0 Å². The van der Waals surface area contributed by atoms with Crippen LogP contribution in [0.4, 0.5) is 0 Å². The molecule has 0 saturated heterocycles. The molecule has 0 aromatic rings. The van der Waals surface area contributed by atoms with Gasteiger partial charge < -0.3 is 16.0 Å². The Morgan fingerprint density at radius 3 is 2.56 bits per heavy atom. The summed E-state index contributed by atoms with van der Waals surface area (Å²) in [6.45, 7) is 6.75. The van der Waals surface area contributed by atoms with Gasteiger partial charge in [0.15, 0.2) is 0 Å². The van der Waals surface area contributed by atoms with Crippen molar-refractivity contribution >= 4 is 5.91 Å². The molecule has 0 aliphatic heterocycles. The molecule has 1 unspecified atom stereocenters. The molecule has 3 N–H and O–H groups in total. The van der Waals surface area contributed by atoms with Gasteiger partial charge in [-0.15, -0.1) is 0 Å². The Hall–Kier alpha value is -0.610. The van der Waals surface area contributed by atoms with Crippen molar-refractivity contribution in [3.63, 3.8) is 0 Å². The monoisotopic (exact) mass is 255 g/mol. The minimum Gasteiger partial charge on any atom is -0.368 e. The van der Waals surface area contributed by atoms with Gasteiger partial charge in [0.2, 0.25) is 5.91 Å². The third-order valence-corrected chi connectivity index (χ3v) is 4.15. The number of hydrogen-bond acceptors (Lipinski definition) is 3. The van der Waals surface area contributed by atoms with Crippen LogP contribution in [0.25, 0.3) is 0 Å². The van der Waals surface area contributed by atoms with Gasteiger partial charge in [-0.25, -0.2) is 0 Å². The molecule has 0 bridgehead atoms. The zero-order valence-electron chi connectivity index (χ0n) is 12.2. The summed E-state index contributed by atoms with van der Waals surface area (Å²) in [6, 6.07) is 0. The van der Waals surface area contributed by atoms with E-state index in [9.17, 15) is 4.79 Å². The van der Waals surface area contributed by atoms with Crippen LogP contribution >= 0.6 is 0 Å². The van der Waals surface area contributed by atoms with Gasteiger partial charge in [-0.2, -0.15) is 0 Å². The second-order valence-electron chi connectivity index (χ2n) is 5.89. The Kier molecular flexibility index (Phi) is 6.09. The van der Waals surface area contributed by atoms with Gasteiger partial charge >= 0.3 is 0 Å². The van der Waals surface area contributed by atoms with E-state index in [2.05, 4.69) is 17.3 Å². The lowest BCUT2D eigenvalue weighted by atomic mass is 9.96. The standard InChI is InChI=1S/C14H29N3O/c1-4-16-14(2,13(15)18)9-10-17(3)11-12-7-5-6-8-12/h12,16H,4-11H2,1-3H3,(H2,15,18). The summed E-state index contributed by atoms with van der Waals surface area (Å²) in [4.78, 5) is 13.9. The van der Waals surface area contributed by atoms with E-state index in [1.807, 2.05) is 13.8 Å². The highest BCUT2D eigenvalue weighted by Gasteiger charge is 2.30. The number of nitrogens with zero attached hydrogens (tertiary/aromatic N) is 1. The van der Waals surface area contributed by atoms with Crippen LogP contribution < -0.4 is 11.1 Å². The minimum atomic E-state index is -0.571. The Morgan fingerprint density at radius 1 is 1.44 bits per heavy atom. The van der Waals surface area contributed by atoms with Crippen molar-refractivity contribution in [1.82, 2.24) is 10.2 Å². The summed E-state index contributed by atoms with van der Waals surface area (Å²) < 4.78 is 0. The zero-order chi connectivity index (χ0) is 13.6. The van der Waals surface area contributed by atoms with E-state index in [-0.39, 0.29) is 5.91 Å². The molecular weight excluding hydrogens is 226 g/mol. The molecule has 0 aromatic heterocycles. The number of likely N-dealkylation sites (N-methyl/N-ethyl adjacent to an activating group) is 1. The highest BCUT2D eigenvalue weighted by Crippen LogP contribution is 2.25. The predicted octanol–water partition coefficient (Wildman–Crippen LogP) is 1.35. The lowest BCUT2D eigenvalue weighted by molar-refractivity contribution is -0.124. The predicted molar refractivity (Wildman–Crippen MR) is 75.3 cm³/mol. The Morgan fingerprint density at radius 2 is 2.06 bits per heavy atom. The van der Waals surface area contributed by atoms with E-state index < -0.39 is 5.54 Å². The lowest BCUT2D eigenvalue weighted by Gasteiger charge is -2.30. The van der Waals surface area contributed by atoms with E-state index >= 15 is 0 Å². The first-order valence-corrected chi connectivity index (χ1v) is 7.21. The Balaban J connectivity index is 2.34. The maximum Gasteiger partial charge on any atom is 0.237 e. The van der Waals surface area contributed by atoms with Gasteiger partial charge in [0.05, 0.1) is 5.54 Å². The SMILES string of the molecule is CCNC(C)(CCN(C)CC1CCCC1)C(N)=O. The van der Waals surface area contributed by atoms with Crippen LogP contribution in [0, 0.1) is 5.92 Å². The van der Waals surface area contributed by atoms with Crippen LogP contribution in [0.15, 0.2) is 0 Å². The van der Waals surface area contributed by atoms with Gasteiger partial charge in [0.25, 0.3) is 0 Å². The van der Waals surface area contributed by atoms with Crippen molar-refractivity contribution in [2.75, 3.05) is 26.7 Å². The molecular formula is C14H29N3O. The summed E-state index contributed by atoms with van der Waals surface area (Å²) in [5.41, 5.74) is 4.92. The first-order chi connectivity index (χ1) is 8.48. The number of hydrogen-bond donors (Lipinski definition) is 2. The summed E-state index contributed by atoms with van der Waals surface area (Å²) in [6.07, 6.45) is 6.28. The van der Waals surface area contributed by atoms with Crippen molar-refractivity contribution in [2.45, 2.75) is 51.5 Å². The number of nitrogens with two attached hydrogens (primary N) is 1. The first-order valence-electron chi connectivity index (χ1n) is 7.21. The summed E-state index contributed by atoms with van der Waals surface area (Å²) >= 11 is 0. The van der Waals surface area contributed by atoms with E-state index in [4.69, 9.17) is 5.73 Å². The molecule has 0 radical (unpaired) electrons. The lowest BCUT2D eigenvalue weighted by Crippen LogP contribution is -2.54. The summed E-state index contributed by atoms with van der Waals surface area (Å²) in [5.74, 6) is 0.604. The van der Waals surface area contributed by atoms with Crippen molar-refractivity contribution in [1.29, 1.82) is 0 Å². The first kappa shape index (κ1) is 15.4. The van der Waals surface area contributed by atoms with Gasteiger partial charge in [0.1, 0.15) is 0 Å². The van der Waals surface area contributed by atoms with E-state index in [1.54, 1.807) is 0 Å². The maximum atomic E-state index is 11.5. The molecule has 0 spiro atoms. The smallest absolute Gasteiger partial charge is 0.237 e. The molecule has 1 aliphatic carbocycles. The van der Waals surface area contributed by atoms with Crippen LogP contribution in [0.1, 0.15) is 46.0 Å². The van der Waals surface area contributed by atoms with Crippen LogP contribution in [-0.4, -0.2) is 43.0 Å². The van der Waals surface area contributed by atoms with E-state index in [1.165, 1.54) is 25.7 Å². The van der Waals surface area contributed by atoms with E-state index in [0.717, 1.165) is 32.0 Å². The van der Waals surface area contributed by atoms with Gasteiger partial charge in [-0.3, -0.25) is 4.79 Å². The molecule has 1 atom stereocenters. The third kappa shape index (κ3) is 4.58. The average Bonchev–Trinajstić information content (AvgIpc) is 2.79. The number of rotatable bonds is 8. The number of primary amides is 1. The second kappa shape index (κ2) is 7.10. The molecule has 4 heteroatoms. The zero-order valence-corrected chi connectivity index (χ0v) is 12.2. The van der Waals surface area contributed by atoms with Gasteiger partial charge in [-0.1, -0.05) is 19.8 Å². The van der Waals surface area contributed by atoms with Gasteiger partial charge in [-0.05, 0) is 45.7 Å². The minimum absolute atomic E-state index is 0.251. The maximum absolute atomic E-state index is 11.5. The van der Waals surface area contributed by atoms with Crippen molar-refractivity contribution < 1.29 is 4.79 Å². The molecule has 1 saturated carbocycles. The normalized spacial score (nSPS) is 20.2. The van der Waals surface area contributed by atoms with Crippen LogP contribution in [0.2, 0.25) is 0 Å². The van der Waals surface area contributed by atoms with Crippen LogP contribution in [0.5, 0.6) is 0 Å². The largest absolute Gasteiger partial charge is 0.368 e. The number of amides is 1. The molecule has 1 fully saturated rings. The number of carbonyl (C=O) groups excluding carboxylic acids is 1. The summed E-state index contributed by atoms with van der Waals surface area (Å²) in [5, 5.41) is 3.21. The molecule has 106 valence electrons. The quantitative estimate of drug-likeness (QED) is 0.688. The molecule has 0 heterocycles. The van der Waals surface area contributed by atoms with Crippen molar-refractivity contribution in [3.05, 3.63) is 0 Å². The summed E-state index contributed by atoms with van der Waals surface area (Å²) in [7, 11) is 2.14. The van der Waals surface area contributed by atoms with Gasteiger partial charge in [0, 0.05) is 13.1 Å². The molecule has 0 aromatic carbocycles. The van der Waals surface area contributed by atoms with E-state index in [0.29, 0.717) is 0 Å². The van der Waals surface area contributed by atoms with Crippen LogP contribution in [-0.2, 0) is 4.79 Å². The average molecular weight is 255 g/mol. The fourth-order valence-corrected chi connectivity index (χ4v) is 2.83. The number of nitrogens with one attached hydrogen (secondary N) is 1. The number of carbonyl (C=O) groups is 1. The molecule has 4 nitrogen and oxygen atoms in total.